The molecule has 1 aliphatic rings. The largest absolute Gasteiger partial charge is 0.338 e. The number of nitrogens with zero attached hydrogens (tertiary/aromatic N) is 3. The van der Waals surface area contributed by atoms with Gasteiger partial charge in [-0.05, 0) is 45.5 Å². The zero-order chi connectivity index (χ0) is 13.8. The molecule has 2 heterocycles. The van der Waals surface area contributed by atoms with Gasteiger partial charge >= 0.3 is 0 Å². The normalized spacial score (nSPS) is 16.9. The third kappa shape index (κ3) is 3.32. The van der Waals surface area contributed by atoms with Crippen molar-refractivity contribution in [1.82, 2.24) is 14.8 Å². The van der Waals surface area contributed by atoms with Crippen LogP contribution in [0.4, 0.5) is 0 Å². The molecular formula is C15H23N3O. The summed E-state index contributed by atoms with van der Waals surface area (Å²) < 4.78 is 0. The summed E-state index contributed by atoms with van der Waals surface area (Å²) in [6, 6.07) is 4.44. The fourth-order valence-corrected chi connectivity index (χ4v) is 2.53. The predicted molar refractivity (Wildman–Crippen MR) is 76.2 cm³/mol. The van der Waals surface area contributed by atoms with E-state index in [1.54, 1.807) is 6.20 Å². The number of piperidine rings is 1. The third-order valence-corrected chi connectivity index (χ3v) is 3.92. The quantitative estimate of drug-likeness (QED) is 0.832. The monoisotopic (exact) mass is 261 g/mol. The zero-order valence-electron chi connectivity index (χ0n) is 12.1. The van der Waals surface area contributed by atoms with Crippen molar-refractivity contribution in [2.45, 2.75) is 32.2 Å². The molecule has 104 valence electrons. The van der Waals surface area contributed by atoms with Crippen LogP contribution in [0.25, 0.3) is 0 Å². The molecule has 0 N–H and O–H groups in total. The Morgan fingerprint density at radius 2 is 2.05 bits per heavy atom. The van der Waals surface area contributed by atoms with Crippen molar-refractivity contribution in [3.63, 3.8) is 0 Å². The zero-order valence-corrected chi connectivity index (χ0v) is 12.1. The molecule has 19 heavy (non-hydrogen) atoms. The summed E-state index contributed by atoms with van der Waals surface area (Å²) >= 11 is 0. The average Bonchev–Trinajstić information content (AvgIpc) is 2.46. The summed E-state index contributed by atoms with van der Waals surface area (Å²) in [5.41, 5.74) is 1.74. The second-order valence-electron chi connectivity index (χ2n) is 5.38. The maximum absolute atomic E-state index is 12.3. The maximum atomic E-state index is 12.3. The maximum Gasteiger partial charge on any atom is 0.255 e. The van der Waals surface area contributed by atoms with E-state index in [-0.39, 0.29) is 5.91 Å². The van der Waals surface area contributed by atoms with Crippen molar-refractivity contribution < 1.29 is 4.79 Å². The van der Waals surface area contributed by atoms with E-state index in [1.165, 1.54) is 0 Å². The lowest BCUT2D eigenvalue weighted by molar-refractivity contribution is 0.0663. The first-order valence-corrected chi connectivity index (χ1v) is 7.02. The molecule has 1 aromatic heterocycles. The molecule has 1 amide bonds. The molecule has 2 rings (SSSR count). The van der Waals surface area contributed by atoms with Gasteiger partial charge in [0.1, 0.15) is 0 Å². The average molecular weight is 261 g/mol. The number of aryl methyl sites for hydroxylation is 1. The van der Waals surface area contributed by atoms with Gasteiger partial charge in [-0.3, -0.25) is 9.78 Å². The summed E-state index contributed by atoms with van der Waals surface area (Å²) in [6.07, 6.45) is 4.72. The van der Waals surface area contributed by atoms with E-state index in [9.17, 15) is 4.79 Å². The lowest BCUT2D eigenvalue weighted by Crippen LogP contribution is -2.44. The lowest BCUT2D eigenvalue weighted by Gasteiger charge is -2.35. The van der Waals surface area contributed by atoms with Crippen molar-refractivity contribution in [2.24, 2.45) is 0 Å². The van der Waals surface area contributed by atoms with E-state index in [0.29, 0.717) is 11.6 Å². The highest BCUT2D eigenvalue weighted by molar-refractivity contribution is 5.94. The van der Waals surface area contributed by atoms with E-state index >= 15 is 0 Å². The van der Waals surface area contributed by atoms with Gasteiger partial charge in [-0.1, -0.05) is 6.92 Å². The Morgan fingerprint density at radius 1 is 1.37 bits per heavy atom. The van der Waals surface area contributed by atoms with Gasteiger partial charge in [0.25, 0.3) is 5.91 Å². The van der Waals surface area contributed by atoms with Gasteiger partial charge < -0.3 is 9.80 Å². The van der Waals surface area contributed by atoms with Gasteiger partial charge in [0.2, 0.25) is 0 Å². The summed E-state index contributed by atoms with van der Waals surface area (Å²) in [7, 11) is 4.21. The highest BCUT2D eigenvalue weighted by Gasteiger charge is 2.24. The van der Waals surface area contributed by atoms with Crippen LogP contribution < -0.4 is 0 Å². The minimum atomic E-state index is 0.118. The van der Waals surface area contributed by atoms with Crippen molar-refractivity contribution in [3.05, 3.63) is 29.6 Å². The van der Waals surface area contributed by atoms with E-state index in [2.05, 4.69) is 30.9 Å². The van der Waals surface area contributed by atoms with E-state index in [4.69, 9.17) is 0 Å². The molecule has 1 aliphatic heterocycles. The number of hydrogen-bond acceptors (Lipinski definition) is 3. The third-order valence-electron chi connectivity index (χ3n) is 3.92. The molecule has 0 bridgehead atoms. The van der Waals surface area contributed by atoms with Crippen LogP contribution >= 0.6 is 0 Å². The molecular weight excluding hydrogens is 238 g/mol. The number of aromatic nitrogens is 1. The Labute approximate surface area is 115 Å². The molecule has 0 aromatic carbocycles. The number of carbonyl (C=O) groups is 1. The van der Waals surface area contributed by atoms with Crippen LogP contribution in [0, 0.1) is 0 Å². The molecule has 1 aromatic rings. The fourth-order valence-electron chi connectivity index (χ4n) is 2.53. The van der Waals surface area contributed by atoms with Crippen molar-refractivity contribution in [2.75, 3.05) is 27.2 Å². The summed E-state index contributed by atoms with van der Waals surface area (Å²) in [6.45, 7) is 3.75. The summed E-state index contributed by atoms with van der Waals surface area (Å²) in [5.74, 6) is 0.118. The highest BCUT2D eigenvalue weighted by Crippen LogP contribution is 2.16. The van der Waals surface area contributed by atoms with E-state index in [0.717, 1.165) is 38.0 Å². The Morgan fingerprint density at radius 3 is 2.53 bits per heavy atom. The number of amides is 1. The van der Waals surface area contributed by atoms with Crippen LogP contribution in [-0.4, -0.2) is 53.9 Å². The number of pyridine rings is 1. The smallest absolute Gasteiger partial charge is 0.255 e. The van der Waals surface area contributed by atoms with E-state index in [1.807, 2.05) is 17.0 Å². The Balaban J connectivity index is 1.97. The molecule has 4 heteroatoms. The lowest BCUT2D eigenvalue weighted by atomic mass is 10.0. The first-order chi connectivity index (χ1) is 9.11. The molecule has 1 saturated heterocycles. The summed E-state index contributed by atoms with van der Waals surface area (Å²) in [5, 5.41) is 0. The van der Waals surface area contributed by atoms with E-state index < -0.39 is 0 Å². The van der Waals surface area contributed by atoms with Crippen molar-refractivity contribution in [3.8, 4) is 0 Å². The number of likely N-dealkylation sites (tertiary alicyclic amines) is 1. The topological polar surface area (TPSA) is 36.4 Å². The van der Waals surface area contributed by atoms with Gasteiger partial charge in [0.15, 0.2) is 0 Å². The standard InChI is InChI=1S/C15H23N3O/c1-4-13-6-5-12(11-16-13)15(19)18-9-7-14(8-10-18)17(2)3/h5-6,11,14H,4,7-10H2,1-3H3. The van der Waals surface area contributed by atoms with Crippen LogP contribution in [0.15, 0.2) is 18.3 Å². The number of hydrogen-bond donors (Lipinski definition) is 0. The molecule has 0 radical (unpaired) electrons. The van der Waals surface area contributed by atoms with Gasteiger partial charge in [-0.2, -0.15) is 0 Å². The van der Waals surface area contributed by atoms with Gasteiger partial charge in [-0.25, -0.2) is 0 Å². The second-order valence-corrected chi connectivity index (χ2v) is 5.38. The number of rotatable bonds is 3. The summed E-state index contributed by atoms with van der Waals surface area (Å²) in [4.78, 5) is 20.8. The molecule has 0 saturated carbocycles. The van der Waals surface area contributed by atoms with Crippen molar-refractivity contribution in [1.29, 1.82) is 0 Å². The molecule has 1 fully saturated rings. The van der Waals surface area contributed by atoms with Crippen LogP contribution in [-0.2, 0) is 6.42 Å². The molecule has 4 nitrogen and oxygen atoms in total. The van der Waals surface area contributed by atoms with Crippen molar-refractivity contribution >= 4 is 5.91 Å². The van der Waals surface area contributed by atoms with Gasteiger partial charge in [0.05, 0.1) is 5.56 Å². The minimum absolute atomic E-state index is 0.118. The predicted octanol–water partition coefficient (Wildman–Crippen LogP) is 1.81. The van der Waals surface area contributed by atoms with Crippen LogP contribution in [0.5, 0.6) is 0 Å². The first-order valence-electron chi connectivity index (χ1n) is 7.02. The SMILES string of the molecule is CCc1ccc(C(=O)N2CCC(N(C)C)CC2)cn1. The highest BCUT2D eigenvalue weighted by atomic mass is 16.2. The minimum Gasteiger partial charge on any atom is -0.338 e. The van der Waals surface area contributed by atoms with Crippen LogP contribution in [0.3, 0.4) is 0 Å². The van der Waals surface area contributed by atoms with Crippen LogP contribution in [0.2, 0.25) is 0 Å². The molecule has 0 unspecified atom stereocenters. The van der Waals surface area contributed by atoms with Gasteiger partial charge in [-0.15, -0.1) is 0 Å². The molecule has 0 atom stereocenters. The number of carbonyl (C=O) groups excluding carboxylic acids is 1. The molecule has 0 aliphatic carbocycles. The Hall–Kier alpha value is -1.42. The molecule has 0 spiro atoms. The Bertz CT molecular complexity index is 420. The van der Waals surface area contributed by atoms with Gasteiger partial charge in [0, 0.05) is 31.0 Å². The second kappa shape index (κ2) is 6.15. The Kier molecular flexibility index (Phi) is 4.53. The fraction of sp³-hybridized carbons (Fsp3) is 0.600. The first kappa shape index (κ1) is 14.0. The van der Waals surface area contributed by atoms with Crippen LogP contribution in [0.1, 0.15) is 35.8 Å².